The lowest BCUT2D eigenvalue weighted by atomic mass is 10.1. The quantitative estimate of drug-likeness (QED) is 0.669. The number of nitrogens with zero attached hydrogens (tertiary/aromatic N) is 4. The number of anilines is 2. The average molecular weight is 347 g/mol. The average Bonchev–Trinajstić information content (AvgIpc) is 2.68. The van der Waals surface area contributed by atoms with Crippen molar-refractivity contribution in [1.29, 1.82) is 0 Å². The Labute approximate surface area is 155 Å². The van der Waals surface area contributed by atoms with Gasteiger partial charge in [0.1, 0.15) is 0 Å². The molecule has 1 N–H and O–H groups in total. The standard InChI is InChI=1S/C21H25N5/c1-17(2)26(16-19-11-7-4-8-12-19)21-24-20(15-23-25-21)22-14-13-18-9-5-3-6-10-18/h3-12,15,17H,13-14,16H2,1-2H3,(H,22,24,25). The molecule has 3 rings (SSSR count). The molecule has 0 radical (unpaired) electrons. The van der Waals surface area contributed by atoms with Gasteiger partial charge in [-0.1, -0.05) is 60.7 Å². The van der Waals surface area contributed by atoms with Crippen LogP contribution in [0.15, 0.2) is 66.9 Å². The molecule has 0 aliphatic carbocycles. The van der Waals surface area contributed by atoms with Crippen LogP contribution in [0, 0.1) is 0 Å². The lowest BCUT2D eigenvalue weighted by Crippen LogP contribution is -2.32. The van der Waals surface area contributed by atoms with Crippen molar-refractivity contribution in [3.05, 3.63) is 78.0 Å². The van der Waals surface area contributed by atoms with Crippen molar-refractivity contribution in [2.24, 2.45) is 0 Å². The number of aromatic nitrogens is 3. The number of nitrogens with one attached hydrogen (secondary N) is 1. The van der Waals surface area contributed by atoms with Crippen LogP contribution in [-0.4, -0.2) is 27.8 Å². The number of benzene rings is 2. The van der Waals surface area contributed by atoms with E-state index in [1.165, 1.54) is 11.1 Å². The maximum Gasteiger partial charge on any atom is 0.247 e. The summed E-state index contributed by atoms with van der Waals surface area (Å²) in [6.45, 7) is 5.85. The molecule has 5 heteroatoms. The molecule has 5 nitrogen and oxygen atoms in total. The molecule has 1 heterocycles. The molecule has 0 amide bonds. The van der Waals surface area contributed by atoms with Gasteiger partial charge in [0.15, 0.2) is 5.82 Å². The van der Waals surface area contributed by atoms with Gasteiger partial charge in [-0.15, -0.1) is 5.10 Å². The monoisotopic (exact) mass is 347 g/mol. The van der Waals surface area contributed by atoms with E-state index < -0.39 is 0 Å². The molecular weight excluding hydrogens is 322 g/mol. The summed E-state index contributed by atoms with van der Waals surface area (Å²) >= 11 is 0. The molecule has 0 saturated carbocycles. The zero-order valence-corrected chi connectivity index (χ0v) is 15.3. The van der Waals surface area contributed by atoms with Crippen molar-refractivity contribution < 1.29 is 0 Å². The van der Waals surface area contributed by atoms with Crippen LogP contribution in [0.2, 0.25) is 0 Å². The zero-order valence-electron chi connectivity index (χ0n) is 15.3. The highest BCUT2D eigenvalue weighted by atomic mass is 15.3. The molecule has 0 unspecified atom stereocenters. The molecule has 3 aromatic rings. The van der Waals surface area contributed by atoms with E-state index in [1.807, 2.05) is 12.1 Å². The molecule has 0 atom stereocenters. The van der Waals surface area contributed by atoms with Gasteiger partial charge >= 0.3 is 0 Å². The minimum Gasteiger partial charge on any atom is -0.368 e. The summed E-state index contributed by atoms with van der Waals surface area (Å²) < 4.78 is 0. The van der Waals surface area contributed by atoms with Gasteiger partial charge in [0.25, 0.3) is 0 Å². The predicted octanol–water partition coefficient (Wildman–Crippen LogP) is 3.94. The molecule has 26 heavy (non-hydrogen) atoms. The van der Waals surface area contributed by atoms with Gasteiger partial charge < -0.3 is 10.2 Å². The Morgan fingerprint density at radius 2 is 1.58 bits per heavy atom. The minimum absolute atomic E-state index is 0.275. The molecule has 134 valence electrons. The SMILES string of the molecule is CC(C)N(Cc1ccccc1)c1nncc(NCCc2ccccc2)n1. The fourth-order valence-electron chi connectivity index (χ4n) is 2.74. The summed E-state index contributed by atoms with van der Waals surface area (Å²) in [5.74, 6) is 1.40. The summed E-state index contributed by atoms with van der Waals surface area (Å²) in [5.41, 5.74) is 2.53. The summed E-state index contributed by atoms with van der Waals surface area (Å²) in [6.07, 6.45) is 2.62. The van der Waals surface area contributed by atoms with Gasteiger partial charge in [0.05, 0.1) is 6.20 Å². The molecule has 1 aromatic heterocycles. The van der Waals surface area contributed by atoms with E-state index in [0.717, 1.165) is 25.3 Å². The minimum atomic E-state index is 0.275. The van der Waals surface area contributed by atoms with Gasteiger partial charge in [-0.3, -0.25) is 0 Å². The first-order valence-corrected chi connectivity index (χ1v) is 9.00. The molecular formula is C21H25N5. The van der Waals surface area contributed by atoms with E-state index >= 15 is 0 Å². The first kappa shape index (κ1) is 17.9. The highest BCUT2D eigenvalue weighted by Gasteiger charge is 2.15. The van der Waals surface area contributed by atoms with E-state index in [0.29, 0.717) is 5.95 Å². The summed E-state index contributed by atoms with van der Waals surface area (Å²) in [4.78, 5) is 6.82. The molecule has 0 aliphatic rings. The van der Waals surface area contributed by atoms with E-state index in [9.17, 15) is 0 Å². The van der Waals surface area contributed by atoms with Crippen LogP contribution in [0.4, 0.5) is 11.8 Å². The largest absolute Gasteiger partial charge is 0.368 e. The third-order valence-electron chi connectivity index (χ3n) is 4.19. The van der Waals surface area contributed by atoms with Gasteiger partial charge in [0, 0.05) is 19.1 Å². The van der Waals surface area contributed by atoms with Crippen LogP contribution >= 0.6 is 0 Å². The molecule has 0 bridgehead atoms. The van der Waals surface area contributed by atoms with Crippen LogP contribution in [-0.2, 0) is 13.0 Å². The second kappa shape index (κ2) is 8.94. The Bertz CT molecular complexity index is 790. The fourth-order valence-corrected chi connectivity index (χ4v) is 2.74. The molecule has 0 aliphatic heterocycles. The highest BCUT2D eigenvalue weighted by Crippen LogP contribution is 2.16. The van der Waals surface area contributed by atoms with Crippen molar-refractivity contribution >= 4 is 11.8 Å². The second-order valence-electron chi connectivity index (χ2n) is 6.51. The van der Waals surface area contributed by atoms with Gasteiger partial charge in [-0.05, 0) is 31.4 Å². The Hall–Kier alpha value is -2.95. The van der Waals surface area contributed by atoms with Crippen LogP contribution in [0.25, 0.3) is 0 Å². The van der Waals surface area contributed by atoms with Crippen molar-refractivity contribution in [1.82, 2.24) is 15.2 Å². The third-order valence-corrected chi connectivity index (χ3v) is 4.19. The highest BCUT2D eigenvalue weighted by molar-refractivity contribution is 5.40. The Morgan fingerprint density at radius 3 is 2.23 bits per heavy atom. The summed E-state index contributed by atoms with van der Waals surface area (Å²) in [7, 11) is 0. The second-order valence-corrected chi connectivity index (χ2v) is 6.51. The van der Waals surface area contributed by atoms with Gasteiger partial charge in [0.2, 0.25) is 5.95 Å². The van der Waals surface area contributed by atoms with E-state index in [4.69, 9.17) is 0 Å². The molecule has 2 aromatic carbocycles. The number of hydrogen-bond acceptors (Lipinski definition) is 5. The summed E-state index contributed by atoms with van der Waals surface area (Å²) in [5, 5.41) is 11.7. The first-order valence-electron chi connectivity index (χ1n) is 9.00. The van der Waals surface area contributed by atoms with Gasteiger partial charge in [-0.25, -0.2) is 0 Å². The van der Waals surface area contributed by atoms with Crippen molar-refractivity contribution in [3.8, 4) is 0 Å². The summed E-state index contributed by atoms with van der Waals surface area (Å²) in [6, 6.07) is 21.0. The molecule has 0 spiro atoms. The Morgan fingerprint density at radius 1 is 0.923 bits per heavy atom. The predicted molar refractivity (Wildman–Crippen MR) is 106 cm³/mol. The van der Waals surface area contributed by atoms with Crippen LogP contribution in [0.5, 0.6) is 0 Å². The Balaban J connectivity index is 1.66. The van der Waals surface area contributed by atoms with Crippen LogP contribution < -0.4 is 10.2 Å². The number of rotatable bonds is 8. The lowest BCUT2D eigenvalue weighted by Gasteiger charge is -2.26. The Kier molecular flexibility index (Phi) is 6.14. The third kappa shape index (κ3) is 5.02. The molecule has 0 fully saturated rings. The van der Waals surface area contributed by atoms with Crippen molar-refractivity contribution in [2.45, 2.75) is 32.9 Å². The van der Waals surface area contributed by atoms with Crippen molar-refractivity contribution in [3.63, 3.8) is 0 Å². The lowest BCUT2D eigenvalue weighted by molar-refractivity contribution is 0.652. The van der Waals surface area contributed by atoms with Crippen LogP contribution in [0.3, 0.4) is 0 Å². The van der Waals surface area contributed by atoms with E-state index in [1.54, 1.807) is 6.20 Å². The van der Waals surface area contributed by atoms with E-state index in [2.05, 4.69) is 87.8 Å². The normalized spacial score (nSPS) is 10.7. The first-order chi connectivity index (χ1) is 12.7. The van der Waals surface area contributed by atoms with Crippen molar-refractivity contribution in [2.75, 3.05) is 16.8 Å². The van der Waals surface area contributed by atoms with E-state index in [-0.39, 0.29) is 6.04 Å². The van der Waals surface area contributed by atoms with Crippen LogP contribution in [0.1, 0.15) is 25.0 Å². The molecule has 0 saturated heterocycles. The smallest absolute Gasteiger partial charge is 0.247 e. The zero-order chi connectivity index (χ0) is 18.2. The van der Waals surface area contributed by atoms with Gasteiger partial charge in [-0.2, -0.15) is 10.1 Å². The maximum absolute atomic E-state index is 4.66. The number of hydrogen-bond donors (Lipinski definition) is 1. The topological polar surface area (TPSA) is 53.9 Å². The fraction of sp³-hybridized carbons (Fsp3) is 0.286. The maximum atomic E-state index is 4.66.